The third-order valence-electron chi connectivity index (χ3n) is 4.92. The summed E-state index contributed by atoms with van der Waals surface area (Å²) < 4.78 is 18.4. The fourth-order valence-electron chi connectivity index (χ4n) is 3.54. The number of carbonyl (C=O) groups excluding carboxylic acids is 3. The summed E-state index contributed by atoms with van der Waals surface area (Å²) in [4.78, 5) is 38.7. The van der Waals surface area contributed by atoms with Gasteiger partial charge >= 0.3 is 208 Å². The van der Waals surface area contributed by atoms with E-state index in [0.717, 1.165) is 9.81 Å². The van der Waals surface area contributed by atoms with Crippen LogP contribution in [0.4, 0.5) is 0 Å². The molecule has 0 amide bonds. The van der Waals surface area contributed by atoms with Gasteiger partial charge in [-0.1, -0.05) is 0 Å². The molecule has 0 aliphatic carbocycles. The van der Waals surface area contributed by atoms with Crippen LogP contribution in [0.3, 0.4) is 0 Å². The van der Waals surface area contributed by atoms with E-state index in [0.29, 0.717) is 16.7 Å². The van der Waals surface area contributed by atoms with Gasteiger partial charge in [-0.05, 0) is 0 Å². The minimum absolute atomic E-state index is 0.242. The molecule has 7 heteroatoms. The quantitative estimate of drug-likeness (QED) is 0.201. The van der Waals surface area contributed by atoms with E-state index in [1.807, 2.05) is 36.4 Å². The van der Waals surface area contributed by atoms with Crippen molar-refractivity contribution in [1.82, 2.24) is 0 Å². The van der Waals surface area contributed by atoms with Crippen molar-refractivity contribution in [2.24, 2.45) is 0 Å². The van der Waals surface area contributed by atoms with Gasteiger partial charge in [-0.25, -0.2) is 0 Å². The monoisotopic (exact) mass is 656 g/mol. The average molecular weight is 656 g/mol. The van der Waals surface area contributed by atoms with Gasteiger partial charge in [-0.3, -0.25) is 0 Å². The Morgan fingerprint density at radius 2 is 0.794 bits per heavy atom. The van der Waals surface area contributed by atoms with Gasteiger partial charge in [-0.2, -0.15) is 0 Å². The normalized spacial score (nSPS) is 10.6. The molecule has 0 aliphatic heterocycles. The Bertz CT molecular complexity index is 1030. The standard InChI is InChI=1S/3C9H9O2.Bi/c3*1-2-11-9(10)8-6-4-3-5-7-8;/h3*3-6H,2H2,1H3;. The molecule has 0 spiro atoms. The van der Waals surface area contributed by atoms with E-state index in [2.05, 4.69) is 0 Å². The summed E-state index contributed by atoms with van der Waals surface area (Å²) in [6.45, 7) is 6.00. The molecule has 0 saturated carbocycles. The zero-order chi connectivity index (χ0) is 24.5. The van der Waals surface area contributed by atoms with Crippen LogP contribution in [0.1, 0.15) is 51.8 Å². The van der Waals surface area contributed by atoms with E-state index in [9.17, 15) is 14.4 Å². The van der Waals surface area contributed by atoms with Crippen molar-refractivity contribution < 1.29 is 28.6 Å². The second kappa shape index (κ2) is 12.4. The van der Waals surface area contributed by atoms with Crippen molar-refractivity contribution in [3.63, 3.8) is 0 Å². The Morgan fingerprint density at radius 1 is 0.529 bits per heavy atom. The molecule has 3 rings (SSSR count). The SMILES string of the molecule is CCOC(=O)c1cccc[c]1[Bi]([c]1ccccc1C(=O)OCC)[c]1ccccc1C(=O)OCC. The van der Waals surface area contributed by atoms with Crippen molar-refractivity contribution >= 4 is 49.5 Å². The Morgan fingerprint density at radius 3 is 1.06 bits per heavy atom. The van der Waals surface area contributed by atoms with Crippen LogP contribution < -0.4 is 9.81 Å². The maximum atomic E-state index is 12.9. The first kappa shape index (κ1) is 25.6. The van der Waals surface area contributed by atoms with Gasteiger partial charge in [0.15, 0.2) is 0 Å². The molecule has 0 heterocycles. The average Bonchev–Trinajstić information content (AvgIpc) is 2.85. The maximum absolute atomic E-state index is 12.9. The second-order valence-electron chi connectivity index (χ2n) is 7.05. The molecular weight excluding hydrogens is 629 g/mol. The van der Waals surface area contributed by atoms with Crippen LogP contribution in [0.5, 0.6) is 0 Å². The Labute approximate surface area is 207 Å². The summed E-state index contributed by atoms with van der Waals surface area (Å²) in [7, 11) is 0. The zero-order valence-corrected chi connectivity index (χ0v) is 22.9. The molecule has 6 nitrogen and oxygen atoms in total. The third kappa shape index (κ3) is 5.71. The number of ether oxygens (including phenoxy) is 3. The van der Waals surface area contributed by atoms with Crippen LogP contribution in [-0.4, -0.2) is 59.5 Å². The molecule has 0 saturated heterocycles. The number of carbonyl (C=O) groups is 3. The number of hydrogen-bond donors (Lipinski definition) is 0. The van der Waals surface area contributed by atoms with E-state index in [1.165, 1.54) is 0 Å². The third-order valence-corrected chi connectivity index (χ3v) is 15.1. The van der Waals surface area contributed by atoms with Gasteiger partial charge in [0.25, 0.3) is 0 Å². The predicted octanol–water partition coefficient (Wildman–Crippen LogP) is 2.73. The molecule has 0 bridgehead atoms. The van der Waals surface area contributed by atoms with Gasteiger partial charge in [0.05, 0.1) is 0 Å². The molecule has 0 radical (unpaired) electrons. The Hall–Kier alpha value is -3.05. The number of rotatable bonds is 9. The van der Waals surface area contributed by atoms with Crippen molar-refractivity contribution in [1.29, 1.82) is 0 Å². The van der Waals surface area contributed by atoms with E-state index >= 15 is 0 Å². The summed E-state index contributed by atoms with van der Waals surface area (Å²) in [6, 6.07) is 21.8. The fourth-order valence-corrected chi connectivity index (χ4v) is 14.1. The molecule has 34 heavy (non-hydrogen) atoms. The molecule has 0 atom stereocenters. The van der Waals surface area contributed by atoms with Crippen LogP contribution >= 0.6 is 0 Å². The summed E-state index contributed by atoms with van der Waals surface area (Å²) in [5, 5.41) is 0. The molecule has 0 fully saturated rings. The summed E-state index contributed by atoms with van der Waals surface area (Å²) >= 11 is -3.48. The fraction of sp³-hybridized carbons (Fsp3) is 0.222. The topological polar surface area (TPSA) is 78.9 Å². The minimum atomic E-state index is -3.48. The molecule has 0 N–H and O–H groups in total. The Kier molecular flexibility index (Phi) is 9.35. The number of esters is 3. The Balaban J connectivity index is 2.34. The van der Waals surface area contributed by atoms with Crippen molar-refractivity contribution in [3.8, 4) is 0 Å². The van der Waals surface area contributed by atoms with Gasteiger partial charge < -0.3 is 0 Å². The summed E-state index contributed by atoms with van der Waals surface area (Å²) in [5.41, 5.74) is 1.33. The summed E-state index contributed by atoms with van der Waals surface area (Å²) in [5.74, 6) is -1.29. The van der Waals surface area contributed by atoms with Crippen molar-refractivity contribution in [2.45, 2.75) is 20.8 Å². The summed E-state index contributed by atoms with van der Waals surface area (Å²) in [6.07, 6.45) is 0. The van der Waals surface area contributed by atoms with Crippen molar-refractivity contribution in [3.05, 3.63) is 89.5 Å². The van der Waals surface area contributed by atoms with Crippen LogP contribution in [0, 0.1) is 0 Å². The van der Waals surface area contributed by atoms with Gasteiger partial charge in [0.1, 0.15) is 0 Å². The van der Waals surface area contributed by atoms with E-state index in [-0.39, 0.29) is 19.8 Å². The first-order chi connectivity index (χ1) is 16.5. The second-order valence-corrected chi connectivity index (χ2v) is 15.3. The van der Waals surface area contributed by atoms with Gasteiger partial charge in [0.2, 0.25) is 0 Å². The van der Waals surface area contributed by atoms with Crippen LogP contribution in [0.2, 0.25) is 0 Å². The van der Waals surface area contributed by atoms with E-state index in [4.69, 9.17) is 14.2 Å². The first-order valence-corrected chi connectivity index (χ1v) is 16.3. The van der Waals surface area contributed by atoms with Gasteiger partial charge in [-0.15, -0.1) is 0 Å². The molecule has 0 aromatic heterocycles. The first-order valence-electron chi connectivity index (χ1n) is 11.1. The molecule has 0 aliphatic rings. The molecule has 0 unspecified atom stereocenters. The zero-order valence-electron chi connectivity index (χ0n) is 19.4. The molecule has 176 valence electrons. The van der Waals surface area contributed by atoms with Crippen LogP contribution in [0.25, 0.3) is 0 Å². The van der Waals surface area contributed by atoms with Gasteiger partial charge in [0, 0.05) is 0 Å². The van der Waals surface area contributed by atoms with Crippen LogP contribution in [0.15, 0.2) is 72.8 Å². The van der Waals surface area contributed by atoms with Crippen LogP contribution in [-0.2, 0) is 14.2 Å². The van der Waals surface area contributed by atoms with E-state index < -0.39 is 39.7 Å². The van der Waals surface area contributed by atoms with Crippen molar-refractivity contribution in [2.75, 3.05) is 19.8 Å². The molecule has 3 aromatic carbocycles. The predicted molar refractivity (Wildman–Crippen MR) is 132 cm³/mol. The molecule has 3 aromatic rings. The van der Waals surface area contributed by atoms with E-state index in [1.54, 1.807) is 57.2 Å². The number of benzene rings is 3. The number of hydrogen-bond acceptors (Lipinski definition) is 6. The molecular formula is C27H27BiO6.